The lowest BCUT2D eigenvalue weighted by molar-refractivity contribution is 0.0119. The summed E-state index contributed by atoms with van der Waals surface area (Å²) in [5.74, 6) is -0.532. The molecule has 0 aliphatic carbocycles. The molecule has 0 bridgehead atoms. The molecule has 0 saturated heterocycles. The molecule has 1 rings (SSSR count). The lowest BCUT2D eigenvalue weighted by Crippen LogP contribution is -2.34. The molecule has 1 aromatic rings. The third kappa shape index (κ3) is 6.36. The first-order valence-corrected chi connectivity index (χ1v) is 8.10. The second-order valence-electron chi connectivity index (χ2n) is 7.01. The van der Waals surface area contributed by atoms with E-state index in [4.69, 9.17) is 4.74 Å². The van der Waals surface area contributed by atoms with Gasteiger partial charge in [0.25, 0.3) is 0 Å². The number of ketones is 1. The lowest BCUT2D eigenvalue weighted by atomic mass is 9.94. The second-order valence-corrected chi connectivity index (χ2v) is 7.01. The number of carbonyl (C=O) groups is 2. The maximum absolute atomic E-state index is 11.5. The summed E-state index contributed by atoms with van der Waals surface area (Å²) < 4.78 is 5.08. The molecule has 1 aromatic carbocycles. The van der Waals surface area contributed by atoms with Crippen LogP contribution in [0.3, 0.4) is 0 Å². The average molecular weight is 353 g/mol. The highest BCUT2D eigenvalue weighted by molar-refractivity contribution is 5.97. The van der Waals surface area contributed by atoms with E-state index in [2.05, 4.69) is 5.32 Å². The van der Waals surface area contributed by atoms with Gasteiger partial charge in [-0.05, 0) is 64.3 Å². The molecule has 140 valence electrons. The summed E-state index contributed by atoms with van der Waals surface area (Å²) in [4.78, 5) is 23.0. The summed E-state index contributed by atoms with van der Waals surface area (Å²) in [5.41, 5.74) is 0.450. The zero-order chi connectivity index (χ0) is 19.4. The fourth-order valence-electron chi connectivity index (χ4n) is 2.31. The molecule has 0 fully saturated rings. The van der Waals surface area contributed by atoms with Crippen molar-refractivity contribution in [3.05, 3.63) is 28.8 Å². The van der Waals surface area contributed by atoms with Crippen molar-refractivity contribution in [1.29, 1.82) is 0 Å². The predicted molar refractivity (Wildman–Crippen MR) is 92.7 cm³/mol. The molecule has 0 heterocycles. The maximum Gasteiger partial charge on any atom is 0.407 e. The quantitative estimate of drug-likeness (QED) is 0.583. The molecule has 0 saturated carbocycles. The largest absolute Gasteiger partial charge is 0.507 e. The number of nitrogens with one attached hydrogen (secondary N) is 1. The van der Waals surface area contributed by atoms with Gasteiger partial charge in [-0.3, -0.25) is 4.79 Å². The molecule has 0 aromatic heterocycles. The average Bonchev–Trinajstić information content (AvgIpc) is 2.46. The topological polar surface area (TPSA) is 116 Å². The van der Waals surface area contributed by atoms with Gasteiger partial charge in [-0.15, -0.1) is 0 Å². The maximum atomic E-state index is 11.5. The SMILES string of the molecule is CC(=O)c1cc(C)c(C(O)C(O)CCNC(=O)OC(C)(C)C)cc1O. The molecule has 0 radical (unpaired) electrons. The van der Waals surface area contributed by atoms with Crippen molar-refractivity contribution in [3.63, 3.8) is 0 Å². The van der Waals surface area contributed by atoms with E-state index in [1.165, 1.54) is 19.1 Å². The Morgan fingerprint density at radius 3 is 2.36 bits per heavy atom. The van der Waals surface area contributed by atoms with Crippen molar-refractivity contribution < 1.29 is 29.6 Å². The minimum Gasteiger partial charge on any atom is -0.507 e. The highest BCUT2D eigenvalue weighted by Gasteiger charge is 2.23. The van der Waals surface area contributed by atoms with Gasteiger partial charge < -0.3 is 25.4 Å². The molecule has 7 nitrogen and oxygen atoms in total. The van der Waals surface area contributed by atoms with E-state index in [0.717, 1.165) is 0 Å². The first-order valence-electron chi connectivity index (χ1n) is 8.10. The van der Waals surface area contributed by atoms with Crippen molar-refractivity contribution in [3.8, 4) is 5.75 Å². The van der Waals surface area contributed by atoms with Crippen LogP contribution in [0, 0.1) is 6.92 Å². The van der Waals surface area contributed by atoms with Gasteiger partial charge in [-0.1, -0.05) is 0 Å². The smallest absolute Gasteiger partial charge is 0.407 e. The van der Waals surface area contributed by atoms with Gasteiger partial charge in [-0.2, -0.15) is 0 Å². The normalized spacial score (nSPS) is 13.9. The Kier molecular flexibility index (Phi) is 6.96. The van der Waals surface area contributed by atoms with Gasteiger partial charge in [-0.25, -0.2) is 4.79 Å². The van der Waals surface area contributed by atoms with Crippen LogP contribution in [0.4, 0.5) is 4.79 Å². The van der Waals surface area contributed by atoms with E-state index < -0.39 is 23.9 Å². The number of aliphatic hydroxyl groups is 2. The van der Waals surface area contributed by atoms with E-state index in [0.29, 0.717) is 11.1 Å². The number of phenols is 1. The third-order valence-corrected chi connectivity index (χ3v) is 3.56. The zero-order valence-electron chi connectivity index (χ0n) is 15.3. The third-order valence-electron chi connectivity index (χ3n) is 3.56. The lowest BCUT2D eigenvalue weighted by Gasteiger charge is -2.22. The van der Waals surface area contributed by atoms with Crippen LogP contribution in [0.15, 0.2) is 12.1 Å². The Morgan fingerprint density at radius 1 is 1.24 bits per heavy atom. The Morgan fingerprint density at radius 2 is 1.84 bits per heavy atom. The highest BCUT2D eigenvalue weighted by Crippen LogP contribution is 2.29. The first-order chi connectivity index (χ1) is 11.4. The molecule has 4 N–H and O–H groups in total. The number of carbonyl (C=O) groups excluding carboxylic acids is 2. The number of rotatable bonds is 6. The fraction of sp³-hybridized carbons (Fsp3) is 0.556. The van der Waals surface area contributed by atoms with Crippen molar-refractivity contribution in [2.24, 2.45) is 0 Å². The summed E-state index contributed by atoms with van der Waals surface area (Å²) in [5, 5.41) is 32.8. The van der Waals surface area contributed by atoms with E-state index >= 15 is 0 Å². The van der Waals surface area contributed by atoms with Crippen LogP contribution in [0.25, 0.3) is 0 Å². The van der Waals surface area contributed by atoms with Crippen LogP contribution in [-0.4, -0.2) is 45.4 Å². The molecule has 25 heavy (non-hydrogen) atoms. The van der Waals surface area contributed by atoms with Gasteiger partial charge >= 0.3 is 6.09 Å². The number of amides is 1. The minimum absolute atomic E-state index is 0.0923. The number of hydrogen-bond acceptors (Lipinski definition) is 6. The highest BCUT2D eigenvalue weighted by atomic mass is 16.6. The number of aryl methyl sites for hydroxylation is 1. The standard InChI is InChI=1S/C18H27NO6/c1-10-8-13(11(2)20)15(22)9-12(10)16(23)14(21)6-7-19-17(24)25-18(3,4)5/h8-9,14,16,21-23H,6-7H2,1-5H3,(H,19,24). The predicted octanol–water partition coefficient (Wildman–Crippen LogP) is 2.21. The van der Waals surface area contributed by atoms with Gasteiger partial charge in [0, 0.05) is 6.54 Å². The van der Waals surface area contributed by atoms with Gasteiger partial charge in [0.1, 0.15) is 17.5 Å². The molecule has 0 aliphatic rings. The van der Waals surface area contributed by atoms with Crippen LogP contribution >= 0.6 is 0 Å². The molecule has 7 heteroatoms. The summed E-state index contributed by atoms with van der Waals surface area (Å²) in [6.45, 7) is 8.35. The van der Waals surface area contributed by atoms with E-state index in [1.807, 2.05) is 0 Å². The van der Waals surface area contributed by atoms with E-state index in [9.17, 15) is 24.9 Å². The monoisotopic (exact) mass is 353 g/mol. The Balaban J connectivity index is 2.68. The number of aliphatic hydroxyl groups excluding tert-OH is 2. The summed E-state index contributed by atoms with van der Waals surface area (Å²) in [7, 11) is 0. The molecule has 2 unspecified atom stereocenters. The number of benzene rings is 1. The molecule has 2 atom stereocenters. The van der Waals surface area contributed by atoms with Gasteiger partial charge in [0.2, 0.25) is 0 Å². The van der Waals surface area contributed by atoms with Crippen LogP contribution in [0.5, 0.6) is 5.75 Å². The number of ether oxygens (including phenoxy) is 1. The minimum atomic E-state index is -1.26. The van der Waals surface area contributed by atoms with E-state index in [-0.39, 0.29) is 30.1 Å². The summed E-state index contributed by atoms with van der Waals surface area (Å²) >= 11 is 0. The number of aromatic hydroxyl groups is 1. The van der Waals surface area contributed by atoms with Crippen LogP contribution in [-0.2, 0) is 4.74 Å². The molecule has 0 aliphatic heterocycles. The number of hydrogen-bond donors (Lipinski definition) is 4. The van der Waals surface area contributed by atoms with Crippen LogP contribution in [0.1, 0.15) is 61.7 Å². The fourth-order valence-corrected chi connectivity index (χ4v) is 2.31. The van der Waals surface area contributed by atoms with Crippen molar-refractivity contribution >= 4 is 11.9 Å². The first kappa shape index (κ1) is 20.9. The molecular weight excluding hydrogens is 326 g/mol. The van der Waals surface area contributed by atoms with Gasteiger partial charge in [0.05, 0.1) is 11.7 Å². The Bertz CT molecular complexity index is 635. The van der Waals surface area contributed by atoms with E-state index in [1.54, 1.807) is 27.7 Å². The summed E-state index contributed by atoms with van der Waals surface area (Å²) in [6, 6.07) is 2.75. The van der Waals surface area contributed by atoms with Crippen molar-refractivity contribution in [1.82, 2.24) is 5.32 Å². The zero-order valence-corrected chi connectivity index (χ0v) is 15.3. The Labute approximate surface area is 147 Å². The van der Waals surface area contributed by atoms with Crippen LogP contribution < -0.4 is 5.32 Å². The Hall–Kier alpha value is -2.12. The second kappa shape index (κ2) is 8.31. The van der Waals surface area contributed by atoms with Gasteiger partial charge in [0.15, 0.2) is 5.78 Å². The van der Waals surface area contributed by atoms with Crippen LogP contribution in [0.2, 0.25) is 0 Å². The molecule has 1 amide bonds. The summed E-state index contributed by atoms with van der Waals surface area (Å²) in [6.07, 6.45) is -2.92. The number of Topliss-reactive ketones (excluding diaryl/α,β-unsaturated/α-hetero) is 1. The number of alkyl carbamates (subject to hydrolysis) is 1. The molecule has 0 spiro atoms. The molecular formula is C18H27NO6. The number of phenolic OH excluding ortho intramolecular Hbond substituents is 1. The van der Waals surface area contributed by atoms with Crippen molar-refractivity contribution in [2.45, 2.75) is 58.8 Å². The van der Waals surface area contributed by atoms with Crippen molar-refractivity contribution in [2.75, 3.05) is 6.54 Å².